The predicted molar refractivity (Wildman–Crippen MR) is 138 cm³/mol. The highest BCUT2D eigenvalue weighted by Gasteiger charge is 2.36. The number of unbranched alkanes of at least 4 members (excludes halogenated alkanes) is 1. The minimum atomic E-state index is -0.959. The molecule has 1 aliphatic rings. The molecule has 11 heteroatoms. The van der Waals surface area contributed by atoms with E-state index < -0.39 is 12.2 Å². The van der Waals surface area contributed by atoms with Gasteiger partial charge in [0.25, 0.3) is 0 Å². The van der Waals surface area contributed by atoms with Gasteiger partial charge in [0.05, 0.1) is 19.9 Å². The maximum absolute atomic E-state index is 13.1. The van der Waals surface area contributed by atoms with Crippen molar-refractivity contribution >= 4 is 29.3 Å². The summed E-state index contributed by atoms with van der Waals surface area (Å²) < 4.78 is 22.8. The van der Waals surface area contributed by atoms with Crippen LogP contribution in [0.5, 0.6) is 23.1 Å². The lowest BCUT2D eigenvalue weighted by Gasteiger charge is -2.30. The molecule has 0 bridgehead atoms. The van der Waals surface area contributed by atoms with Gasteiger partial charge in [0.15, 0.2) is 17.2 Å². The van der Waals surface area contributed by atoms with Crippen LogP contribution in [0.3, 0.4) is 0 Å². The number of para-hydroxylation sites is 1. The van der Waals surface area contributed by atoms with Crippen LogP contribution in [0.25, 0.3) is 11.3 Å². The number of amides is 1. The van der Waals surface area contributed by atoms with E-state index in [1.54, 1.807) is 12.1 Å². The zero-order chi connectivity index (χ0) is 26.5. The highest BCUT2D eigenvalue weighted by atomic mass is 32.2. The number of carbonyl (C=O) groups excluding carboxylic acids is 2. The van der Waals surface area contributed by atoms with E-state index in [4.69, 9.17) is 18.9 Å². The van der Waals surface area contributed by atoms with Crippen LogP contribution >= 0.6 is 11.8 Å². The fourth-order valence-corrected chi connectivity index (χ4v) is 4.79. The van der Waals surface area contributed by atoms with Crippen molar-refractivity contribution in [3.8, 4) is 34.4 Å². The minimum Gasteiger partial charge on any atom is -0.493 e. The van der Waals surface area contributed by atoms with Gasteiger partial charge < -0.3 is 18.9 Å². The van der Waals surface area contributed by atoms with Gasteiger partial charge >= 0.3 is 5.97 Å². The molecule has 0 spiro atoms. The van der Waals surface area contributed by atoms with Gasteiger partial charge in [-0.05, 0) is 24.6 Å². The first-order valence-corrected chi connectivity index (χ1v) is 12.7. The maximum atomic E-state index is 13.1. The monoisotopic (exact) mass is 524 g/mol. The third kappa shape index (κ3) is 5.46. The van der Waals surface area contributed by atoms with Gasteiger partial charge in [-0.3, -0.25) is 14.5 Å². The Balaban J connectivity index is 1.90. The molecular formula is C26H28N4O6S. The van der Waals surface area contributed by atoms with Crippen LogP contribution < -0.4 is 23.8 Å². The summed E-state index contributed by atoms with van der Waals surface area (Å²) in [4.78, 5) is 30.9. The molecule has 0 N–H and O–H groups in total. The number of esters is 1. The molecule has 4 rings (SSSR count). The van der Waals surface area contributed by atoms with Gasteiger partial charge in [0, 0.05) is 30.7 Å². The van der Waals surface area contributed by atoms with Gasteiger partial charge in [0.1, 0.15) is 0 Å². The van der Waals surface area contributed by atoms with Crippen LogP contribution in [0, 0.1) is 0 Å². The molecule has 0 aliphatic carbocycles. The summed E-state index contributed by atoms with van der Waals surface area (Å²) in [5.74, 6) is 0.914. The number of rotatable bonds is 8. The molecule has 3 aromatic rings. The highest BCUT2D eigenvalue weighted by Crippen LogP contribution is 2.46. The molecule has 1 amide bonds. The fourth-order valence-electron chi connectivity index (χ4n) is 3.93. The molecule has 37 heavy (non-hydrogen) atoms. The first-order valence-electron chi connectivity index (χ1n) is 11.8. The zero-order valence-electron chi connectivity index (χ0n) is 21.3. The number of ether oxygens (including phenoxy) is 4. The first-order chi connectivity index (χ1) is 17.9. The van der Waals surface area contributed by atoms with Crippen molar-refractivity contribution in [2.45, 2.75) is 45.0 Å². The number of nitrogens with zero attached hydrogens (tertiary/aromatic N) is 4. The van der Waals surface area contributed by atoms with Crippen LogP contribution in [-0.4, -0.2) is 47.0 Å². The Morgan fingerprint density at radius 1 is 1.08 bits per heavy atom. The number of methoxy groups -OCH3 is 2. The van der Waals surface area contributed by atoms with E-state index in [9.17, 15) is 9.59 Å². The van der Waals surface area contributed by atoms with Gasteiger partial charge in [0.2, 0.25) is 28.9 Å². The van der Waals surface area contributed by atoms with E-state index >= 15 is 0 Å². The molecule has 2 aromatic carbocycles. The average Bonchev–Trinajstić information content (AvgIpc) is 3.03. The van der Waals surface area contributed by atoms with Crippen LogP contribution in [0.15, 0.2) is 41.6 Å². The van der Waals surface area contributed by atoms with E-state index in [0.717, 1.165) is 18.6 Å². The number of fused-ring (bicyclic) bond motifs is 3. The van der Waals surface area contributed by atoms with Gasteiger partial charge in [-0.15, -0.1) is 10.2 Å². The summed E-state index contributed by atoms with van der Waals surface area (Å²) in [6, 6.07) is 10.6. The van der Waals surface area contributed by atoms with Crippen molar-refractivity contribution in [2.75, 3.05) is 24.9 Å². The van der Waals surface area contributed by atoms with Crippen molar-refractivity contribution in [3.63, 3.8) is 0 Å². The van der Waals surface area contributed by atoms with Crippen LogP contribution in [-0.2, 0) is 9.59 Å². The highest BCUT2D eigenvalue weighted by molar-refractivity contribution is 7.99. The Bertz CT molecular complexity index is 1290. The van der Waals surface area contributed by atoms with E-state index in [-0.39, 0.29) is 29.0 Å². The molecule has 1 aliphatic heterocycles. The Kier molecular flexibility index (Phi) is 8.12. The Hall–Kier alpha value is -3.86. The smallest absolute Gasteiger partial charge is 0.308 e. The molecule has 0 radical (unpaired) electrons. The summed E-state index contributed by atoms with van der Waals surface area (Å²) >= 11 is 1.50. The summed E-state index contributed by atoms with van der Waals surface area (Å²) in [6.45, 7) is 4.86. The summed E-state index contributed by atoms with van der Waals surface area (Å²) in [6.07, 6.45) is 1.11. The van der Waals surface area contributed by atoms with Crippen molar-refractivity contribution < 1.29 is 28.5 Å². The quantitative estimate of drug-likeness (QED) is 0.176. The van der Waals surface area contributed by atoms with Crippen LogP contribution in [0.2, 0.25) is 0 Å². The third-order valence-corrected chi connectivity index (χ3v) is 6.52. The fraction of sp³-hybridized carbons (Fsp3) is 0.346. The standard InChI is InChI=1S/C26H28N4O6S/c1-6-7-12-37-26-27-24-22(28-29-26)18-10-8-9-11-19(18)30(15(2)31)25(36-24)17-13-20(33-4)23(35-16(3)32)21(14-17)34-5/h8-11,13-14,25H,6-7,12H2,1-5H3/t25-/m0/s1. The number of hydrogen-bond acceptors (Lipinski definition) is 10. The summed E-state index contributed by atoms with van der Waals surface area (Å²) in [5, 5.41) is 9.21. The first kappa shape index (κ1) is 26.2. The van der Waals surface area contributed by atoms with E-state index in [1.165, 1.54) is 44.7 Å². The van der Waals surface area contributed by atoms with Crippen LogP contribution in [0.1, 0.15) is 45.4 Å². The number of thioether (sulfide) groups is 1. The maximum Gasteiger partial charge on any atom is 0.308 e. The zero-order valence-corrected chi connectivity index (χ0v) is 22.1. The van der Waals surface area contributed by atoms with Crippen molar-refractivity contribution in [1.82, 2.24) is 15.2 Å². The lowest BCUT2D eigenvalue weighted by molar-refractivity contribution is -0.132. The minimum absolute atomic E-state index is 0.128. The lowest BCUT2D eigenvalue weighted by Crippen LogP contribution is -2.36. The topological polar surface area (TPSA) is 113 Å². The Morgan fingerprint density at radius 2 is 1.78 bits per heavy atom. The summed E-state index contributed by atoms with van der Waals surface area (Å²) in [5.41, 5.74) is 2.19. The van der Waals surface area contributed by atoms with E-state index in [0.29, 0.717) is 27.7 Å². The second-order valence-electron chi connectivity index (χ2n) is 8.17. The normalized spacial score (nSPS) is 14.1. The number of carbonyl (C=O) groups is 2. The molecule has 2 heterocycles. The second kappa shape index (κ2) is 11.5. The average molecular weight is 525 g/mol. The number of anilines is 1. The molecule has 1 atom stereocenters. The molecule has 0 saturated heterocycles. The van der Waals surface area contributed by atoms with E-state index in [2.05, 4.69) is 22.1 Å². The van der Waals surface area contributed by atoms with E-state index in [1.807, 2.05) is 24.3 Å². The Morgan fingerprint density at radius 3 is 2.41 bits per heavy atom. The SMILES string of the molecule is CCCCSc1nnc2c(n1)O[C@@H](c1cc(OC)c(OC(C)=O)c(OC)c1)N(C(C)=O)c1ccccc1-2. The molecule has 194 valence electrons. The van der Waals surface area contributed by atoms with Gasteiger partial charge in [-0.25, -0.2) is 0 Å². The molecule has 1 aromatic heterocycles. The number of benzene rings is 2. The molecular weight excluding hydrogens is 496 g/mol. The Labute approximate surface area is 219 Å². The predicted octanol–water partition coefficient (Wildman–Crippen LogP) is 4.82. The molecule has 10 nitrogen and oxygen atoms in total. The molecule has 0 saturated carbocycles. The second-order valence-corrected chi connectivity index (χ2v) is 9.24. The van der Waals surface area contributed by atoms with Crippen LogP contribution in [0.4, 0.5) is 5.69 Å². The molecule has 0 unspecified atom stereocenters. The lowest BCUT2D eigenvalue weighted by atomic mass is 10.1. The molecule has 0 fully saturated rings. The van der Waals surface area contributed by atoms with Crippen molar-refractivity contribution in [2.24, 2.45) is 0 Å². The number of hydrogen-bond donors (Lipinski definition) is 0. The van der Waals surface area contributed by atoms with Crippen molar-refractivity contribution in [1.29, 1.82) is 0 Å². The third-order valence-electron chi connectivity index (χ3n) is 5.59. The largest absolute Gasteiger partial charge is 0.493 e. The van der Waals surface area contributed by atoms with Crippen molar-refractivity contribution in [3.05, 3.63) is 42.0 Å². The summed E-state index contributed by atoms with van der Waals surface area (Å²) in [7, 11) is 2.90. The number of aromatic nitrogens is 3. The van der Waals surface area contributed by atoms with Gasteiger partial charge in [-0.1, -0.05) is 43.3 Å². The van der Waals surface area contributed by atoms with Gasteiger partial charge in [-0.2, -0.15) is 4.98 Å².